The lowest BCUT2D eigenvalue weighted by Gasteiger charge is -2.21. The number of halogens is 1. The number of rotatable bonds is 8. The minimum Gasteiger partial charge on any atom is -0.444 e. The van der Waals surface area contributed by atoms with E-state index in [-0.39, 0.29) is 17.9 Å². The van der Waals surface area contributed by atoms with Crippen molar-refractivity contribution in [3.63, 3.8) is 0 Å². The summed E-state index contributed by atoms with van der Waals surface area (Å²) in [6.07, 6.45) is -1.62. The van der Waals surface area contributed by atoms with Crippen LogP contribution >= 0.6 is 0 Å². The van der Waals surface area contributed by atoms with E-state index >= 15 is 0 Å². The van der Waals surface area contributed by atoms with E-state index in [0.717, 1.165) is 5.56 Å². The third-order valence-corrected chi connectivity index (χ3v) is 4.00. The van der Waals surface area contributed by atoms with Gasteiger partial charge in [0.05, 0.1) is 17.3 Å². The van der Waals surface area contributed by atoms with E-state index in [9.17, 15) is 19.1 Å². The molecule has 6 nitrogen and oxygen atoms in total. The quantitative estimate of drug-likeness (QED) is 0.662. The SMILES string of the molecule is CCC(NC(=O)c1ccccc1NC(=O)OCc1ccccc1)C(O)CF. The third kappa shape index (κ3) is 6.07. The number of carbonyl (C=O) groups is 2. The fourth-order valence-corrected chi connectivity index (χ4v) is 2.48. The Morgan fingerprint density at radius 2 is 1.78 bits per heavy atom. The molecule has 0 saturated carbocycles. The van der Waals surface area contributed by atoms with Crippen molar-refractivity contribution in [1.82, 2.24) is 5.32 Å². The molecule has 2 unspecified atom stereocenters. The highest BCUT2D eigenvalue weighted by molar-refractivity contribution is 6.02. The van der Waals surface area contributed by atoms with Crippen LogP contribution in [-0.2, 0) is 11.3 Å². The first-order chi connectivity index (χ1) is 13.0. The van der Waals surface area contributed by atoms with E-state index < -0.39 is 30.8 Å². The van der Waals surface area contributed by atoms with E-state index in [4.69, 9.17) is 4.74 Å². The molecule has 3 N–H and O–H groups in total. The van der Waals surface area contributed by atoms with E-state index in [1.54, 1.807) is 25.1 Å². The van der Waals surface area contributed by atoms with Gasteiger partial charge in [-0.05, 0) is 24.1 Å². The number of aliphatic hydroxyl groups excluding tert-OH is 1. The van der Waals surface area contributed by atoms with Crippen molar-refractivity contribution in [2.75, 3.05) is 12.0 Å². The second-order valence-corrected chi connectivity index (χ2v) is 5.94. The molecule has 2 atom stereocenters. The molecule has 0 saturated heterocycles. The molecular formula is C20H23FN2O4. The Kier molecular flexibility index (Phi) is 7.76. The maximum absolute atomic E-state index is 12.7. The van der Waals surface area contributed by atoms with Gasteiger partial charge in [0.1, 0.15) is 19.4 Å². The summed E-state index contributed by atoms with van der Waals surface area (Å²) in [5, 5.41) is 14.7. The van der Waals surface area contributed by atoms with Crippen LogP contribution in [0.15, 0.2) is 54.6 Å². The summed E-state index contributed by atoms with van der Waals surface area (Å²) in [6.45, 7) is 0.876. The molecule has 2 aromatic rings. The average Bonchev–Trinajstić information content (AvgIpc) is 2.71. The summed E-state index contributed by atoms with van der Waals surface area (Å²) in [5.41, 5.74) is 1.29. The Hall–Kier alpha value is -2.93. The van der Waals surface area contributed by atoms with Crippen LogP contribution in [0.4, 0.5) is 14.9 Å². The largest absolute Gasteiger partial charge is 0.444 e. The zero-order chi connectivity index (χ0) is 19.6. The van der Waals surface area contributed by atoms with Crippen LogP contribution in [0.5, 0.6) is 0 Å². The standard InChI is InChI=1S/C20H23FN2O4/c1-2-16(18(24)12-21)22-19(25)15-10-6-7-11-17(15)23-20(26)27-13-14-8-4-3-5-9-14/h3-11,16,18,24H,2,12-13H2,1H3,(H,22,25)(H,23,26). The highest BCUT2D eigenvalue weighted by atomic mass is 19.1. The first-order valence-corrected chi connectivity index (χ1v) is 8.66. The lowest BCUT2D eigenvalue weighted by molar-refractivity contribution is 0.0755. The van der Waals surface area contributed by atoms with E-state index in [0.29, 0.717) is 6.42 Å². The van der Waals surface area contributed by atoms with Gasteiger partial charge in [-0.1, -0.05) is 49.4 Å². The summed E-state index contributed by atoms with van der Waals surface area (Å²) >= 11 is 0. The van der Waals surface area contributed by atoms with Crippen LogP contribution in [0.2, 0.25) is 0 Å². The summed E-state index contributed by atoms with van der Waals surface area (Å²) < 4.78 is 17.8. The van der Waals surface area contributed by atoms with Crippen LogP contribution < -0.4 is 10.6 Å². The summed E-state index contributed by atoms with van der Waals surface area (Å²) in [4.78, 5) is 24.5. The highest BCUT2D eigenvalue weighted by Gasteiger charge is 2.22. The van der Waals surface area contributed by atoms with Gasteiger partial charge in [-0.15, -0.1) is 0 Å². The van der Waals surface area contributed by atoms with Crippen molar-refractivity contribution in [3.05, 3.63) is 65.7 Å². The second kappa shape index (κ2) is 10.3. The number of para-hydroxylation sites is 1. The second-order valence-electron chi connectivity index (χ2n) is 5.94. The van der Waals surface area contributed by atoms with Gasteiger partial charge in [0.2, 0.25) is 0 Å². The van der Waals surface area contributed by atoms with Gasteiger partial charge in [-0.3, -0.25) is 10.1 Å². The minimum atomic E-state index is -1.28. The lowest BCUT2D eigenvalue weighted by Crippen LogP contribution is -2.44. The van der Waals surface area contributed by atoms with Crippen LogP contribution in [0.3, 0.4) is 0 Å². The maximum atomic E-state index is 12.7. The number of carbonyl (C=O) groups excluding carboxylic acids is 2. The predicted octanol–water partition coefficient (Wildman–Crippen LogP) is 3.27. The number of hydrogen-bond donors (Lipinski definition) is 3. The van der Waals surface area contributed by atoms with Gasteiger partial charge in [0.15, 0.2) is 0 Å². The van der Waals surface area contributed by atoms with Crippen molar-refractivity contribution < 1.29 is 23.8 Å². The average molecular weight is 374 g/mol. The van der Waals surface area contributed by atoms with Crippen LogP contribution in [-0.4, -0.2) is 35.9 Å². The number of aliphatic hydroxyl groups is 1. The zero-order valence-corrected chi connectivity index (χ0v) is 15.0. The molecule has 0 bridgehead atoms. The molecule has 0 heterocycles. The number of ether oxygens (including phenoxy) is 1. The smallest absolute Gasteiger partial charge is 0.411 e. The molecule has 0 fully saturated rings. The van der Waals surface area contributed by atoms with Gasteiger partial charge in [0, 0.05) is 0 Å². The van der Waals surface area contributed by atoms with Gasteiger partial charge < -0.3 is 15.2 Å². The van der Waals surface area contributed by atoms with Crippen molar-refractivity contribution in [2.24, 2.45) is 0 Å². The van der Waals surface area contributed by atoms with E-state index in [1.165, 1.54) is 6.07 Å². The van der Waals surface area contributed by atoms with Gasteiger partial charge in [0.25, 0.3) is 5.91 Å². The first-order valence-electron chi connectivity index (χ1n) is 8.66. The third-order valence-electron chi connectivity index (χ3n) is 4.00. The van der Waals surface area contributed by atoms with Gasteiger partial charge >= 0.3 is 6.09 Å². The first kappa shape index (κ1) is 20.4. The van der Waals surface area contributed by atoms with Crippen molar-refractivity contribution in [1.29, 1.82) is 0 Å². The molecule has 0 aliphatic rings. The van der Waals surface area contributed by atoms with Crippen LogP contribution in [0.25, 0.3) is 0 Å². The molecule has 2 amide bonds. The highest BCUT2D eigenvalue weighted by Crippen LogP contribution is 2.16. The number of alkyl halides is 1. The number of benzene rings is 2. The van der Waals surface area contributed by atoms with Gasteiger partial charge in [-0.2, -0.15) is 0 Å². The lowest BCUT2D eigenvalue weighted by atomic mass is 10.1. The molecule has 2 aromatic carbocycles. The zero-order valence-electron chi connectivity index (χ0n) is 15.0. The molecule has 0 aliphatic heterocycles. The van der Waals surface area contributed by atoms with Crippen LogP contribution in [0.1, 0.15) is 29.3 Å². The molecule has 0 radical (unpaired) electrons. The predicted molar refractivity (Wildman–Crippen MR) is 100 cm³/mol. The Bertz CT molecular complexity index is 755. The van der Waals surface area contributed by atoms with E-state index in [1.807, 2.05) is 30.3 Å². The molecule has 2 rings (SSSR count). The van der Waals surface area contributed by atoms with Crippen molar-refractivity contribution in [2.45, 2.75) is 32.1 Å². The molecule has 144 valence electrons. The normalized spacial score (nSPS) is 12.7. The fraction of sp³-hybridized carbons (Fsp3) is 0.300. The Morgan fingerprint density at radius 1 is 1.11 bits per heavy atom. The summed E-state index contributed by atoms with van der Waals surface area (Å²) in [5.74, 6) is -0.520. The Morgan fingerprint density at radius 3 is 2.44 bits per heavy atom. The van der Waals surface area contributed by atoms with E-state index in [2.05, 4.69) is 10.6 Å². The molecule has 27 heavy (non-hydrogen) atoms. The molecule has 0 aromatic heterocycles. The number of anilines is 1. The number of nitrogens with one attached hydrogen (secondary N) is 2. The monoisotopic (exact) mass is 374 g/mol. The molecular weight excluding hydrogens is 351 g/mol. The molecule has 0 aliphatic carbocycles. The molecule has 0 spiro atoms. The minimum absolute atomic E-state index is 0.0988. The van der Waals surface area contributed by atoms with Crippen molar-refractivity contribution >= 4 is 17.7 Å². The number of amides is 2. The van der Waals surface area contributed by atoms with Crippen LogP contribution in [0, 0.1) is 0 Å². The Balaban J connectivity index is 2.01. The fourth-order valence-electron chi connectivity index (χ4n) is 2.48. The van der Waals surface area contributed by atoms with Gasteiger partial charge in [-0.25, -0.2) is 9.18 Å². The topological polar surface area (TPSA) is 87.7 Å². The number of hydrogen-bond acceptors (Lipinski definition) is 4. The Labute approximate surface area is 157 Å². The summed E-state index contributed by atoms with van der Waals surface area (Å²) in [6, 6.07) is 14.9. The molecule has 7 heteroatoms. The maximum Gasteiger partial charge on any atom is 0.411 e. The van der Waals surface area contributed by atoms with Crippen molar-refractivity contribution in [3.8, 4) is 0 Å². The summed E-state index contributed by atoms with van der Waals surface area (Å²) in [7, 11) is 0.